The lowest BCUT2D eigenvalue weighted by Crippen LogP contribution is -2.19. The Kier molecular flexibility index (Phi) is 5.48. The van der Waals surface area contributed by atoms with E-state index in [9.17, 15) is 0 Å². The quantitative estimate of drug-likeness (QED) is 0.731. The summed E-state index contributed by atoms with van der Waals surface area (Å²) in [5.74, 6) is 1.99. The first kappa shape index (κ1) is 12.9. The highest BCUT2D eigenvalue weighted by Crippen LogP contribution is 2.20. The van der Waals surface area contributed by atoms with Gasteiger partial charge in [-0.05, 0) is 24.1 Å². The third-order valence-corrected chi connectivity index (χ3v) is 3.47. The molecule has 0 spiro atoms. The summed E-state index contributed by atoms with van der Waals surface area (Å²) in [7, 11) is 0. The van der Waals surface area contributed by atoms with E-state index in [1.807, 2.05) is 24.3 Å². The Balaban J connectivity index is 2.49. The van der Waals surface area contributed by atoms with Crippen molar-refractivity contribution in [1.29, 1.82) is 0 Å². The largest absolute Gasteiger partial charge is 0.493 e. The third-order valence-electron chi connectivity index (χ3n) is 2.40. The van der Waals surface area contributed by atoms with Crippen molar-refractivity contribution in [3.63, 3.8) is 0 Å². The van der Waals surface area contributed by atoms with Crippen molar-refractivity contribution in [2.24, 2.45) is 11.8 Å². The summed E-state index contributed by atoms with van der Waals surface area (Å²) in [6.07, 6.45) is 0. The summed E-state index contributed by atoms with van der Waals surface area (Å²) >= 11 is 9.37. The molecular weight excluding hydrogens is 275 g/mol. The average molecular weight is 292 g/mol. The van der Waals surface area contributed by atoms with Crippen LogP contribution in [-0.4, -0.2) is 11.9 Å². The van der Waals surface area contributed by atoms with Crippen LogP contribution in [0.5, 0.6) is 5.75 Å². The number of rotatable bonds is 5. The molecule has 0 N–H and O–H groups in total. The number of halogens is 2. The van der Waals surface area contributed by atoms with Crippen molar-refractivity contribution in [3.05, 3.63) is 29.3 Å². The van der Waals surface area contributed by atoms with Gasteiger partial charge in [0.2, 0.25) is 0 Å². The van der Waals surface area contributed by atoms with Gasteiger partial charge >= 0.3 is 0 Å². The van der Waals surface area contributed by atoms with E-state index in [0.717, 1.165) is 17.7 Å². The molecular formula is C12H16BrClO. The molecule has 1 atom stereocenters. The second-order valence-corrected chi connectivity index (χ2v) is 5.01. The molecule has 84 valence electrons. The fourth-order valence-corrected chi connectivity index (χ4v) is 2.29. The zero-order valence-electron chi connectivity index (χ0n) is 9.04. The van der Waals surface area contributed by atoms with E-state index in [-0.39, 0.29) is 0 Å². The zero-order valence-corrected chi connectivity index (χ0v) is 11.4. The summed E-state index contributed by atoms with van der Waals surface area (Å²) in [4.78, 5) is 0. The molecule has 0 radical (unpaired) electrons. The Bertz CT molecular complexity index is 301. The molecule has 0 heterocycles. The zero-order chi connectivity index (χ0) is 11.3. The lowest BCUT2D eigenvalue weighted by atomic mass is 9.99. The first-order valence-electron chi connectivity index (χ1n) is 5.07. The van der Waals surface area contributed by atoms with Crippen LogP contribution in [0.15, 0.2) is 24.3 Å². The van der Waals surface area contributed by atoms with Crippen LogP contribution in [0.25, 0.3) is 0 Å². The monoisotopic (exact) mass is 290 g/mol. The van der Waals surface area contributed by atoms with Crippen LogP contribution in [0.2, 0.25) is 5.02 Å². The van der Waals surface area contributed by atoms with Gasteiger partial charge in [0.1, 0.15) is 5.75 Å². The van der Waals surface area contributed by atoms with E-state index in [4.69, 9.17) is 16.3 Å². The van der Waals surface area contributed by atoms with Crippen LogP contribution >= 0.6 is 27.5 Å². The molecule has 0 bridgehead atoms. The van der Waals surface area contributed by atoms with Gasteiger partial charge in [-0.25, -0.2) is 0 Å². The molecule has 3 heteroatoms. The van der Waals surface area contributed by atoms with Gasteiger partial charge < -0.3 is 4.74 Å². The topological polar surface area (TPSA) is 9.23 Å². The lowest BCUT2D eigenvalue weighted by molar-refractivity contribution is 0.227. The fourth-order valence-electron chi connectivity index (χ4n) is 1.18. The smallest absolute Gasteiger partial charge is 0.120 e. The molecule has 1 aromatic rings. The maximum Gasteiger partial charge on any atom is 0.120 e. The van der Waals surface area contributed by atoms with Crippen molar-refractivity contribution in [2.45, 2.75) is 13.8 Å². The number of hydrogen-bond acceptors (Lipinski definition) is 1. The van der Waals surface area contributed by atoms with Crippen molar-refractivity contribution in [1.82, 2.24) is 0 Å². The highest BCUT2D eigenvalue weighted by molar-refractivity contribution is 9.09. The molecule has 0 aliphatic carbocycles. The highest BCUT2D eigenvalue weighted by atomic mass is 79.9. The molecule has 0 saturated carbocycles. The van der Waals surface area contributed by atoms with Gasteiger partial charge in [0.15, 0.2) is 0 Å². The molecule has 1 unspecified atom stereocenters. The van der Waals surface area contributed by atoms with Crippen LogP contribution in [0.4, 0.5) is 0 Å². The Morgan fingerprint density at radius 3 is 2.67 bits per heavy atom. The molecule has 0 aromatic heterocycles. The minimum atomic E-state index is 0.531. The van der Waals surface area contributed by atoms with Crippen LogP contribution < -0.4 is 4.74 Å². The number of ether oxygens (including phenoxy) is 1. The van der Waals surface area contributed by atoms with Gasteiger partial charge in [0.25, 0.3) is 0 Å². The molecule has 0 amide bonds. The molecule has 0 saturated heterocycles. The summed E-state index contributed by atoms with van der Waals surface area (Å²) < 4.78 is 5.69. The Hall–Kier alpha value is -0.210. The summed E-state index contributed by atoms with van der Waals surface area (Å²) in [5, 5.41) is 1.68. The minimum absolute atomic E-state index is 0.531. The first-order chi connectivity index (χ1) is 7.13. The number of alkyl halides is 1. The average Bonchev–Trinajstić information content (AvgIpc) is 2.18. The van der Waals surface area contributed by atoms with Crippen LogP contribution in [0.1, 0.15) is 13.8 Å². The maximum atomic E-state index is 5.87. The van der Waals surface area contributed by atoms with Gasteiger partial charge in [0.05, 0.1) is 6.61 Å². The normalized spacial score (nSPS) is 12.9. The molecule has 1 aromatic carbocycles. The number of benzene rings is 1. The molecule has 0 fully saturated rings. The second kappa shape index (κ2) is 6.39. The highest BCUT2D eigenvalue weighted by Gasteiger charge is 2.12. The number of hydrogen-bond donors (Lipinski definition) is 0. The predicted molar refractivity (Wildman–Crippen MR) is 69.1 cm³/mol. The van der Waals surface area contributed by atoms with Crippen molar-refractivity contribution >= 4 is 27.5 Å². The molecule has 15 heavy (non-hydrogen) atoms. The maximum absolute atomic E-state index is 5.87. The SMILES string of the molecule is CC(C)C(CBr)COc1cccc(Cl)c1. The summed E-state index contributed by atoms with van der Waals surface area (Å²) in [5.41, 5.74) is 0. The van der Waals surface area contributed by atoms with E-state index < -0.39 is 0 Å². The van der Waals surface area contributed by atoms with Gasteiger partial charge in [-0.15, -0.1) is 0 Å². The van der Waals surface area contributed by atoms with E-state index in [1.54, 1.807) is 0 Å². The van der Waals surface area contributed by atoms with Gasteiger partial charge in [-0.1, -0.05) is 47.4 Å². The molecule has 0 aliphatic rings. The van der Waals surface area contributed by atoms with Gasteiger partial charge in [-0.2, -0.15) is 0 Å². The van der Waals surface area contributed by atoms with Crippen molar-refractivity contribution in [2.75, 3.05) is 11.9 Å². The van der Waals surface area contributed by atoms with Crippen molar-refractivity contribution < 1.29 is 4.74 Å². The summed E-state index contributed by atoms with van der Waals surface area (Å²) in [6, 6.07) is 7.51. The van der Waals surface area contributed by atoms with E-state index in [2.05, 4.69) is 29.8 Å². The van der Waals surface area contributed by atoms with E-state index in [1.165, 1.54) is 0 Å². The van der Waals surface area contributed by atoms with E-state index >= 15 is 0 Å². The first-order valence-corrected chi connectivity index (χ1v) is 6.57. The van der Waals surface area contributed by atoms with Crippen LogP contribution in [-0.2, 0) is 0 Å². The van der Waals surface area contributed by atoms with Crippen LogP contribution in [0, 0.1) is 11.8 Å². The summed E-state index contributed by atoms with van der Waals surface area (Å²) in [6.45, 7) is 5.13. The Morgan fingerprint density at radius 2 is 2.13 bits per heavy atom. The molecule has 1 rings (SSSR count). The molecule has 0 aliphatic heterocycles. The second-order valence-electron chi connectivity index (χ2n) is 3.93. The van der Waals surface area contributed by atoms with E-state index in [0.29, 0.717) is 16.9 Å². The standard InChI is InChI=1S/C12H16BrClO/c1-9(2)10(7-13)8-15-12-5-3-4-11(14)6-12/h3-6,9-10H,7-8H2,1-2H3. The van der Waals surface area contributed by atoms with Gasteiger partial charge in [0, 0.05) is 16.3 Å². The minimum Gasteiger partial charge on any atom is -0.493 e. The Labute approximate surface area is 105 Å². The lowest BCUT2D eigenvalue weighted by Gasteiger charge is -2.18. The van der Waals surface area contributed by atoms with Crippen molar-refractivity contribution in [3.8, 4) is 5.75 Å². The third kappa shape index (κ3) is 4.43. The molecule has 1 nitrogen and oxygen atoms in total. The van der Waals surface area contributed by atoms with Crippen LogP contribution in [0.3, 0.4) is 0 Å². The van der Waals surface area contributed by atoms with Gasteiger partial charge in [-0.3, -0.25) is 0 Å². The Morgan fingerprint density at radius 1 is 1.40 bits per heavy atom. The fraction of sp³-hybridized carbons (Fsp3) is 0.500. The predicted octanol–water partition coefficient (Wildman–Crippen LogP) is 4.39.